The molecule has 30 heavy (non-hydrogen) atoms. The van der Waals surface area contributed by atoms with E-state index in [2.05, 4.69) is 15.9 Å². The van der Waals surface area contributed by atoms with Gasteiger partial charge in [-0.05, 0) is 28.5 Å². The molecule has 1 N–H and O–H groups in total. The monoisotopic (exact) mass is 465 g/mol. The fourth-order valence-electron chi connectivity index (χ4n) is 3.88. The maximum atomic E-state index is 13.0. The number of aliphatic hydroxyl groups excluding tert-OH is 1. The lowest BCUT2D eigenvalue weighted by Gasteiger charge is -2.26. The number of carbonyl (C=O) groups excluding carboxylic acids is 2. The molecule has 152 valence electrons. The molecule has 5 nitrogen and oxygen atoms in total. The molecule has 1 amide bonds. The molecule has 4 rings (SSSR count). The molecule has 0 aromatic heterocycles. The van der Waals surface area contributed by atoms with Crippen molar-refractivity contribution in [1.82, 2.24) is 4.90 Å². The number of halogens is 1. The van der Waals surface area contributed by atoms with Crippen LogP contribution in [0.2, 0.25) is 0 Å². The second-order valence-corrected chi connectivity index (χ2v) is 7.98. The number of Topliss-reactive ketones (excluding diaryl/α,β-unsaturated/α-hetero) is 1. The maximum absolute atomic E-state index is 13.0. The maximum Gasteiger partial charge on any atom is 0.295 e. The van der Waals surface area contributed by atoms with E-state index in [4.69, 9.17) is 4.74 Å². The molecular formula is C24H20BrNO4. The number of hydrogen-bond acceptors (Lipinski definition) is 4. The summed E-state index contributed by atoms with van der Waals surface area (Å²) in [7, 11) is 1.55. The number of rotatable bonds is 5. The second kappa shape index (κ2) is 8.42. The van der Waals surface area contributed by atoms with E-state index in [0.717, 1.165) is 20.8 Å². The Morgan fingerprint density at radius 1 is 1.03 bits per heavy atom. The molecule has 1 aliphatic rings. The van der Waals surface area contributed by atoms with E-state index < -0.39 is 17.7 Å². The normalized spacial score (nSPS) is 18.3. The quantitative estimate of drug-likeness (QED) is 0.337. The summed E-state index contributed by atoms with van der Waals surface area (Å²) >= 11 is 3.37. The Balaban J connectivity index is 1.95. The number of carbonyl (C=O) groups is 2. The number of likely N-dealkylation sites (tertiary alicyclic amines) is 1. The average molecular weight is 466 g/mol. The largest absolute Gasteiger partial charge is 0.507 e. The molecule has 1 heterocycles. The number of methoxy groups -OCH3 is 1. The molecule has 0 saturated carbocycles. The van der Waals surface area contributed by atoms with E-state index >= 15 is 0 Å². The van der Waals surface area contributed by atoms with Crippen LogP contribution in [0.1, 0.15) is 17.2 Å². The Hall–Kier alpha value is -2.96. The van der Waals surface area contributed by atoms with Gasteiger partial charge in [0.2, 0.25) is 0 Å². The molecule has 1 fully saturated rings. The smallest absolute Gasteiger partial charge is 0.295 e. The molecule has 3 aromatic carbocycles. The van der Waals surface area contributed by atoms with Crippen molar-refractivity contribution in [1.29, 1.82) is 0 Å². The standard InChI is InChI=1S/C24H20BrNO4/c1-30-14-13-26-21(19-8-4-6-15-5-2-3-7-18(15)19)20(23(28)24(26)29)22(27)16-9-11-17(25)12-10-16/h2-12,21,27H,13-14H2,1H3/b22-20-. The van der Waals surface area contributed by atoms with Crippen molar-refractivity contribution < 1.29 is 19.4 Å². The van der Waals surface area contributed by atoms with Crippen LogP contribution in [0.4, 0.5) is 0 Å². The van der Waals surface area contributed by atoms with Gasteiger partial charge in [0.1, 0.15) is 5.76 Å². The van der Waals surface area contributed by atoms with Crippen molar-refractivity contribution in [2.75, 3.05) is 20.3 Å². The predicted molar refractivity (Wildman–Crippen MR) is 119 cm³/mol. The molecule has 1 unspecified atom stereocenters. The van der Waals surface area contributed by atoms with E-state index in [9.17, 15) is 14.7 Å². The third-order valence-corrected chi connectivity index (χ3v) is 5.84. The van der Waals surface area contributed by atoms with Gasteiger partial charge in [0.15, 0.2) is 0 Å². The van der Waals surface area contributed by atoms with Gasteiger partial charge in [-0.25, -0.2) is 0 Å². The van der Waals surface area contributed by atoms with Gasteiger partial charge in [-0.3, -0.25) is 9.59 Å². The number of ether oxygens (including phenoxy) is 1. The molecule has 0 bridgehead atoms. The molecule has 0 aliphatic carbocycles. The summed E-state index contributed by atoms with van der Waals surface area (Å²) in [6.07, 6.45) is 0. The summed E-state index contributed by atoms with van der Waals surface area (Å²) in [4.78, 5) is 27.4. The van der Waals surface area contributed by atoms with Gasteiger partial charge in [0.25, 0.3) is 11.7 Å². The fourth-order valence-corrected chi connectivity index (χ4v) is 4.14. The van der Waals surface area contributed by atoms with E-state index in [1.54, 1.807) is 31.4 Å². The topological polar surface area (TPSA) is 66.8 Å². The van der Waals surface area contributed by atoms with Crippen LogP contribution < -0.4 is 0 Å². The zero-order valence-electron chi connectivity index (χ0n) is 16.3. The molecule has 0 spiro atoms. The molecule has 1 aliphatic heterocycles. The Morgan fingerprint density at radius 3 is 2.47 bits per heavy atom. The minimum Gasteiger partial charge on any atom is -0.507 e. The van der Waals surface area contributed by atoms with Crippen molar-refractivity contribution in [3.05, 3.63) is 87.9 Å². The van der Waals surface area contributed by atoms with Gasteiger partial charge >= 0.3 is 0 Å². The summed E-state index contributed by atoms with van der Waals surface area (Å²) in [6.45, 7) is 0.526. The summed E-state index contributed by atoms with van der Waals surface area (Å²) in [5, 5.41) is 13.0. The molecular weight excluding hydrogens is 446 g/mol. The third-order valence-electron chi connectivity index (χ3n) is 5.31. The summed E-state index contributed by atoms with van der Waals surface area (Å²) in [5.74, 6) is -1.51. The highest BCUT2D eigenvalue weighted by atomic mass is 79.9. The molecule has 0 radical (unpaired) electrons. The van der Waals surface area contributed by atoms with Crippen LogP contribution in [0, 0.1) is 0 Å². The zero-order chi connectivity index (χ0) is 21.3. The zero-order valence-corrected chi connectivity index (χ0v) is 17.9. The highest BCUT2D eigenvalue weighted by molar-refractivity contribution is 9.10. The summed E-state index contributed by atoms with van der Waals surface area (Å²) in [6, 6.07) is 19.9. The average Bonchev–Trinajstić information content (AvgIpc) is 3.02. The van der Waals surface area contributed by atoms with E-state index in [-0.39, 0.29) is 24.5 Å². The van der Waals surface area contributed by atoms with Crippen LogP contribution >= 0.6 is 15.9 Å². The minimum atomic E-state index is -0.699. The first-order chi connectivity index (χ1) is 14.5. The first-order valence-electron chi connectivity index (χ1n) is 9.54. The molecule has 1 atom stereocenters. The van der Waals surface area contributed by atoms with E-state index in [0.29, 0.717) is 5.56 Å². The SMILES string of the molecule is COCCN1C(=O)C(=O)/C(=C(\O)c2ccc(Br)cc2)C1c1cccc2ccccc12. The lowest BCUT2D eigenvalue weighted by molar-refractivity contribution is -0.140. The van der Waals surface area contributed by atoms with Crippen LogP contribution in [-0.4, -0.2) is 42.0 Å². The lowest BCUT2D eigenvalue weighted by Crippen LogP contribution is -2.32. The van der Waals surface area contributed by atoms with Crippen molar-refractivity contribution >= 4 is 44.2 Å². The van der Waals surface area contributed by atoms with Crippen molar-refractivity contribution in [2.45, 2.75) is 6.04 Å². The van der Waals surface area contributed by atoms with E-state index in [1.165, 1.54) is 4.90 Å². The van der Waals surface area contributed by atoms with Crippen LogP contribution in [0.15, 0.2) is 76.8 Å². The van der Waals surface area contributed by atoms with Crippen LogP contribution in [0.5, 0.6) is 0 Å². The Kier molecular flexibility index (Phi) is 5.70. The van der Waals surface area contributed by atoms with Crippen LogP contribution in [-0.2, 0) is 14.3 Å². The van der Waals surface area contributed by atoms with Gasteiger partial charge < -0.3 is 14.7 Å². The van der Waals surface area contributed by atoms with Gasteiger partial charge in [0.05, 0.1) is 18.2 Å². The third kappa shape index (κ3) is 3.53. The Bertz CT molecular complexity index is 1150. The number of amides is 1. The molecule has 1 saturated heterocycles. The van der Waals surface area contributed by atoms with Gasteiger partial charge in [-0.15, -0.1) is 0 Å². The Labute approximate surface area is 182 Å². The number of fused-ring (bicyclic) bond motifs is 1. The predicted octanol–water partition coefficient (Wildman–Crippen LogP) is 4.67. The van der Waals surface area contributed by atoms with Crippen LogP contribution in [0.3, 0.4) is 0 Å². The number of nitrogens with zero attached hydrogens (tertiary/aromatic N) is 1. The first kappa shape index (κ1) is 20.3. The minimum absolute atomic E-state index is 0.0924. The fraction of sp³-hybridized carbons (Fsp3) is 0.167. The van der Waals surface area contributed by atoms with E-state index in [1.807, 2.05) is 42.5 Å². The number of hydrogen-bond donors (Lipinski definition) is 1. The highest BCUT2D eigenvalue weighted by Crippen LogP contribution is 2.41. The first-order valence-corrected chi connectivity index (χ1v) is 10.3. The van der Waals surface area contributed by atoms with Gasteiger partial charge in [-0.2, -0.15) is 0 Å². The number of benzene rings is 3. The molecule has 3 aromatic rings. The second-order valence-electron chi connectivity index (χ2n) is 7.06. The van der Waals surface area contributed by atoms with Crippen LogP contribution in [0.25, 0.3) is 16.5 Å². The van der Waals surface area contributed by atoms with Crippen molar-refractivity contribution in [3.8, 4) is 0 Å². The highest BCUT2D eigenvalue weighted by Gasteiger charge is 2.46. The number of ketones is 1. The van der Waals surface area contributed by atoms with Crippen molar-refractivity contribution in [3.63, 3.8) is 0 Å². The summed E-state index contributed by atoms with van der Waals surface area (Å²) in [5.41, 5.74) is 1.37. The molecule has 6 heteroatoms. The van der Waals surface area contributed by atoms with Crippen molar-refractivity contribution in [2.24, 2.45) is 0 Å². The lowest BCUT2D eigenvalue weighted by atomic mass is 9.91. The van der Waals surface area contributed by atoms with Gasteiger partial charge in [-0.1, -0.05) is 70.5 Å². The van der Waals surface area contributed by atoms with Gasteiger partial charge in [0, 0.05) is 23.7 Å². The summed E-state index contributed by atoms with van der Waals surface area (Å²) < 4.78 is 6.02. The Morgan fingerprint density at radius 2 is 1.73 bits per heavy atom. The number of aliphatic hydroxyl groups is 1.